The molecular formula is C11H18N6. The van der Waals surface area contributed by atoms with E-state index in [4.69, 9.17) is 0 Å². The van der Waals surface area contributed by atoms with Crippen LogP contribution in [0.25, 0.3) is 11.0 Å². The summed E-state index contributed by atoms with van der Waals surface area (Å²) in [5.74, 6) is 1.93. The van der Waals surface area contributed by atoms with Gasteiger partial charge < -0.3 is 10.6 Å². The molecule has 2 rings (SSSR count). The summed E-state index contributed by atoms with van der Waals surface area (Å²) in [7, 11) is 1.80. The Morgan fingerprint density at radius 1 is 1.24 bits per heavy atom. The Bertz CT molecular complexity index is 504. The van der Waals surface area contributed by atoms with Crippen LogP contribution in [0, 0.1) is 5.92 Å². The number of hydrogen-bond acceptors (Lipinski definition) is 5. The van der Waals surface area contributed by atoms with E-state index in [0.29, 0.717) is 17.9 Å². The largest absolute Gasteiger partial charge is 0.367 e. The van der Waals surface area contributed by atoms with E-state index in [-0.39, 0.29) is 0 Å². The van der Waals surface area contributed by atoms with Gasteiger partial charge in [0.2, 0.25) is 5.95 Å². The molecule has 0 bridgehead atoms. The molecule has 1 atom stereocenters. The Kier molecular flexibility index (Phi) is 3.12. The molecule has 2 aromatic heterocycles. The first-order valence-corrected chi connectivity index (χ1v) is 5.77. The topological polar surface area (TPSA) is 78.5 Å². The lowest BCUT2D eigenvalue weighted by Gasteiger charge is -2.18. The molecule has 0 saturated carbocycles. The van der Waals surface area contributed by atoms with Gasteiger partial charge in [-0.25, -0.2) is 0 Å². The van der Waals surface area contributed by atoms with Gasteiger partial charge in [0, 0.05) is 13.1 Å². The third-order valence-corrected chi connectivity index (χ3v) is 2.90. The number of nitrogens with one attached hydrogen (secondary N) is 3. The molecular weight excluding hydrogens is 216 g/mol. The second kappa shape index (κ2) is 4.57. The Labute approximate surface area is 100 Å². The minimum absolute atomic E-state index is 0.340. The van der Waals surface area contributed by atoms with E-state index in [2.05, 4.69) is 51.6 Å². The summed E-state index contributed by atoms with van der Waals surface area (Å²) in [6.45, 7) is 6.48. The van der Waals surface area contributed by atoms with Gasteiger partial charge in [-0.05, 0) is 12.8 Å². The van der Waals surface area contributed by atoms with E-state index in [9.17, 15) is 0 Å². The van der Waals surface area contributed by atoms with Crippen LogP contribution in [0.1, 0.15) is 20.8 Å². The quantitative estimate of drug-likeness (QED) is 0.752. The second-order valence-corrected chi connectivity index (χ2v) is 4.46. The third-order valence-electron chi connectivity index (χ3n) is 2.90. The molecule has 6 nitrogen and oxygen atoms in total. The lowest BCUT2D eigenvalue weighted by Crippen LogP contribution is -2.22. The van der Waals surface area contributed by atoms with Crippen molar-refractivity contribution in [3.05, 3.63) is 6.20 Å². The van der Waals surface area contributed by atoms with Crippen LogP contribution in [0.15, 0.2) is 6.20 Å². The highest BCUT2D eigenvalue weighted by atomic mass is 15.2. The average Bonchev–Trinajstić information content (AvgIpc) is 2.76. The predicted octanol–water partition coefficient (Wildman–Crippen LogP) is 1.85. The molecule has 6 heteroatoms. The van der Waals surface area contributed by atoms with Gasteiger partial charge in [0.1, 0.15) is 5.82 Å². The molecule has 92 valence electrons. The van der Waals surface area contributed by atoms with E-state index in [1.165, 1.54) is 0 Å². The van der Waals surface area contributed by atoms with Gasteiger partial charge >= 0.3 is 0 Å². The van der Waals surface area contributed by atoms with Crippen LogP contribution in [0.2, 0.25) is 0 Å². The average molecular weight is 234 g/mol. The number of fused-ring (bicyclic) bond motifs is 1. The normalized spacial score (nSPS) is 13.0. The molecule has 0 aliphatic rings. The van der Waals surface area contributed by atoms with Crippen molar-refractivity contribution in [1.29, 1.82) is 0 Å². The monoisotopic (exact) mass is 234 g/mol. The molecule has 0 saturated heterocycles. The summed E-state index contributed by atoms with van der Waals surface area (Å²) in [6, 6.07) is 0.340. The van der Waals surface area contributed by atoms with Crippen LogP contribution < -0.4 is 10.6 Å². The molecule has 0 aliphatic heterocycles. The fourth-order valence-electron chi connectivity index (χ4n) is 1.44. The number of hydrogen-bond donors (Lipinski definition) is 3. The highest BCUT2D eigenvalue weighted by molar-refractivity contribution is 5.87. The van der Waals surface area contributed by atoms with Gasteiger partial charge in [-0.1, -0.05) is 13.8 Å². The lowest BCUT2D eigenvalue weighted by molar-refractivity contribution is 0.559. The fraction of sp³-hybridized carbons (Fsp3) is 0.545. The first-order valence-electron chi connectivity index (χ1n) is 5.77. The van der Waals surface area contributed by atoms with Crippen LogP contribution in [-0.2, 0) is 0 Å². The Morgan fingerprint density at radius 2 is 2.00 bits per heavy atom. The standard InChI is InChI=1S/C11H18N6/c1-6(2)7(3)14-9-8-5-13-17-10(8)16-11(12-4)15-9/h5-7H,1-4H3,(H3,12,13,14,15,16,17). The summed E-state index contributed by atoms with van der Waals surface area (Å²) >= 11 is 0. The first-order chi connectivity index (χ1) is 8.11. The van der Waals surface area contributed by atoms with Crippen molar-refractivity contribution in [2.24, 2.45) is 5.92 Å². The fourth-order valence-corrected chi connectivity index (χ4v) is 1.44. The molecule has 0 radical (unpaired) electrons. The minimum atomic E-state index is 0.340. The molecule has 0 aliphatic carbocycles. The minimum Gasteiger partial charge on any atom is -0.367 e. The molecule has 0 fully saturated rings. The van der Waals surface area contributed by atoms with Gasteiger partial charge in [0.25, 0.3) is 0 Å². The molecule has 0 amide bonds. The molecule has 0 aromatic carbocycles. The number of aromatic nitrogens is 4. The number of anilines is 2. The predicted molar refractivity (Wildman–Crippen MR) is 69.2 cm³/mol. The number of aromatic amines is 1. The van der Waals surface area contributed by atoms with E-state index in [1.807, 2.05) is 0 Å². The van der Waals surface area contributed by atoms with Gasteiger partial charge in [0.15, 0.2) is 5.65 Å². The summed E-state index contributed by atoms with van der Waals surface area (Å²) in [5, 5.41) is 14.1. The Hall–Kier alpha value is -1.85. The smallest absolute Gasteiger partial charge is 0.226 e. The van der Waals surface area contributed by atoms with Crippen LogP contribution in [-0.4, -0.2) is 33.3 Å². The molecule has 2 heterocycles. The summed E-state index contributed by atoms with van der Waals surface area (Å²) in [5.41, 5.74) is 0.739. The Balaban J connectivity index is 2.40. The van der Waals surface area contributed by atoms with Crippen molar-refractivity contribution in [3.63, 3.8) is 0 Å². The van der Waals surface area contributed by atoms with Crippen molar-refractivity contribution < 1.29 is 0 Å². The number of rotatable bonds is 4. The lowest BCUT2D eigenvalue weighted by atomic mass is 10.1. The van der Waals surface area contributed by atoms with Crippen molar-refractivity contribution in [2.45, 2.75) is 26.8 Å². The van der Waals surface area contributed by atoms with Gasteiger partial charge in [0.05, 0.1) is 11.6 Å². The maximum Gasteiger partial charge on any atom is 0.226 e. The van der Waals surface area contributed by atoms with Crippen LogP contribution in [0.4, 0.5) is 11.8 Å². The SMILES string of the molecule is CNc1nc(NC(C)C(C)C)c2cn[nH]c2n1. The van der Waals surface area contributed by atoms with Crippen molar-refractivity contribution >= 4 is 22.8 Å². The zero-order valence-electron chi connectivity index (χ0n) is 10.6. The van der Waals surface area contributed by atoms with E-state index < -0.39 is 0 Å². The first kappa shape index (κ1) is 11.6. The van der Waals surface area contributed by atoms with Crippen molar-refractivity contribution in [1.82, 2.24) is 20.2 Å². The molecule has 0 spiro atoms. The van der Waals surface area contributed by atoms with E-state index in [1.54, 1.807) is 13.2 Å². The van der Waals surface area contributed by atoms with Crippen LogP contribution in [0.3, 0.4) is 0 Å². The van der Waals surface area contributed by atoms with Gasteiger partial charge in [-0.3, -0.25) is 5.10 Å². The van der Waals surface area contributed by atoms with Gasteiger partial charge in [-0.2, -0.15) is 15.1 Å². The molecule has 17 heavy (non-hydrogen) atoms. The molecule has 2 aromatic rings. The molecule has 1 unspecified atom stereocenters. The molecule has 3 N–H and O–H groups in total. The summed E-state index contributed by atoms with van der Waals surface area (Å²) in [4.78, 5) is 8.71. The van der Waals surface area contributed by atoms with Crippen LogP contribution >= 0.6 is 0 Å². The van der Waals surface area contributed by atoms with Crippen molar-refractivity contribution in [3.8, 4) is 0 Å². The number of H-pyrrole nitrogens is 1. The summed E-state index contributed by atoms with van der Waals surface area (Å²) in [6.07, 6.45) is 1.74. The highest BCUT2D eigenvalue weighted by Gasteiger charge is 2.13. The number of nitrogens with zero attached hydrogens (tertiary/aromatic N) is 3. The maximum atomic E-state index is 4.42. The maximum absolute atomic E-state index is 4.42. The van der Waals surface area contributed by atoms with Gasteiger partial charge in [-0.15, -0.1) is 0 Å². The highest BCUT2D eigenvalue weighted by Crippen LogP contribution is 2.21. The summed E-state index contributed by atoms with van der Waals surface area (Å²) < 4.78 is 0. The third kappa shape index (κ3) is 2.30. The Morgan fingerprint density at radius 3 is 2.65 bits per heavy atom. The van der Waals surface area contributed by atoms with E-state index in [0.717, 1.165) is 16.9 Å². The van der Waals surface area contributed by atoms with Crippen molar-refractivity contribution in [2.75, 3.05) is 17.7 Å². The second-order valence-electron chi connectivity index (χ2n) is 4.46. The van der Waals surface area contributed by atoms with Crippen LogP contribution in [0.5, 0.6) is 0 Å². The zero-order chi connectivity index (χ0) is 12.4. The zero-order valence-corrected chi connectivity index (χ0v) is 10.6. The van der Waals surface area contributed by atoms with E-state index >= 15 is 0 Å².